The average molecular weight is 281 g/mol. The second-order valence-electron chi connectivity index (χ2n) is 6.25. The molecule has 4 nitrogen and oxygen atoms in total. The predicted octanol–water partition coefficient (Wildman–Crippen LogP) is 2.72. The molecule has 0 aliphatic heterocycles. The van der Waals surface area contributed by atoms with Crippen LogP contribution in [0.4, 0.5) is 0 Å². The fraction of sp³-hybridized carbons (Fsp3) is 0.750. The zero-order valence-electron chi connectivity index (χ0n) is 12.4. The Bertz CT molecular complexity index is 358. The summed E-state index contributed by atoms with van der Waals surface area (Å²) in [7, 11) is 0. The van der Waals surface area contributed by atoms with Gasteiger partial charge in [0.05, 0.1) is 19.0 Å². The van der Waals surface area contributed by atoms with E-state index in [4.69, 9.17) is 9.15 Å². The molecule has 1 heterocycles. The highest BCUT2D eigenvalue weighted by atomic mass is 16.5. The molecule has 0 bridgehead atoms. The quantitative estimate of drug-likeness (QED) is 0.769. The summed E-state index contributed by atoms with van der Waals surface area (Å²) in [6.07, 6.45) is 7.81. The number of rotatable bonds is 8. The molecule has 20 heavy (non-hydrogen) atoms. The number of ether oxygens (including phenoxy) is 1. The Labute approximate surface area is 121 Å². The highest BCUT2D eigenvalue weighted by molar-refractivity contribution is 4.96. The maximum absolute atomic E-state index is 9.87. The number of nitrogens with one attached hydrogen (secondary N) is 1. The molecule has 2 N–H and O–H groups in total. The van der Waals surface area contributed by atoms with Crippen molar-refractivity contribution in [2.24, 2.45) is 5.41 Å². The van der Waals surface area contributed by atoms with Gasteiger partial charge in [-0.05, 0) is 30.4 Å². The van der Waals surface area contributed by atoms with Gasteiger partial charge in [-0.1, -0.05) is 26.2 Å². The molecule has 2 rings (SSSR count). The molecule has 1 atom stereocenters. The molecule has 1 aliphatic rings. The van der Waals surface area contributed by atoms with Crippen LogP contribution < -0.4 is 5.32 Å². The lowest BCUT2D eigenvalue weighted by Crippen LogP contribution is -2.38. The minimum absolute atomic E-state index is 0.338. The summed E-state index contributed by atoms with van der Waals surface area (Å²) in [6.45, 7) is 4.68. The summed E-state index contributed by atoms with van der Waals surface area (Å²) in [5.74, 6) is 0.792. The topological polar surface area (TPSA) is 54.6 Å². The maximum atomic E-state index is 9.87. The minimum Gasteiger partial charge on any atom is -0.467 e. The monoisotopic (exact) mass is 281 g/mol. The summed E-state index contributed by atoms with van der Waals surface area (Å²) in [5, 5.41) is 13.3. The lowest BCUT2D eigenvalue weighted by Gasteiger charge is -2.34. The van der Waals surface area contributed by atoms with Crippen LogP contribution in [0.1, 0.15) is 44.8 Å². The molecule has 114 valence electrons. The SMILES string of the molecule is CC1(CNCC(O)COCc2ccco2)CCCCC1. The Morgan fingerprint density at radius 1 is 1.40 bits per heavy atom. The van der Waals surface area contributed by atoms with E-state index in [1.165, 1.54) is 32.1 Å². The van der Waals surface area contributed by atoms with Gasteiger partial charge in [-0.2, -0.15) is 0 Å². The normalized spacial score (nSPS) is 19.9. The van der Waals surface area contributed by atoms with Crippen LogP contribution in [-0.2, 0) is 11.3 Å². The number of aliphatic hydroxyl groups is 1. The second kappa shape index (κ2) is 7.81. The predicted molar refractivity (Wildman–Crippen MR) is 78.4 cm³/mol. The Hall–Kier alpha value is -0.840. The molecular formula is C16H27NO3. The Morgan fingerprint density at radius 3 is 2.90 bits per heavy atom. The summed E-state index contributed by atoms with van der Waals surface area (Å²) in [5.41, 5.74) is 0.410. The fourth-order valence-corrected chi connectivity index (χ4v) is 2.87. The van der Waals surface area contributed by atoms with E-state index in [9.17, 15) is 5.11 Å². The highest BCUT2D eigenvalue weighted by Gasteiger charge is 2.26. The first-order valence-corrected chi connectivity index (χ1v) is 7.67. The Kier molecular flexibility index (Phi) is 6.07. The third-order valence-corrected chi connectivity index (χ3v) is 4.13. The first-order chi connectivity index (χ1) is 9.68. The first kappa shape index (κ1) is 15.5. The maximum Gasteiger partial charge on any atom is 0.129 e. The summed E-state index contributed by atoms with van der Waals surface area (Å²) < 4.78 is 10.6. The third-order valence-electron chi connectivity index (χ3n) is 4.13. The van der Waals surface area contributed by atoms with Gasteiger partial charge in [-0.3, -0.25) is 0 Å². The van der Waals surface area contributed by atoms with Crippen LogP contribution in [0.15, 0.2) is 22.8 Å². The van der Waals surface area contributed by atoms with Crippen molar-refractivity contribution in [3.8, 4) is 0 Å². The van der Waals surface area contributed by atoms with Gasteiger partial charge in [-0.25, -0.2) is 0 Å². The number of hydrogen-bond acceptors (Lipinski definition) is 4. The molecule has 1 aliphatic carbocycles. The molecule has 1 aromatic rings. The molecule has 4 heteroatoms. The van der Waals surface area contributed by atoms with E-state index < -0.39 is 6.10 Å². The van der Waals surface area contributed by atoms with Gasteiger partial charge in [0.25, 0.3) is 0 Å². The van der Waals surface area contributed by atoms with E-state index in [-0.39, 0.29) is 0 Å². The van der Waals surface area contributed by atoms with Crippen molar-refractivity contribution in [3.63, 3.8) is 0 Å². The van der Waals surface area contributed by atoms with E-state index in [0.29, 0.717) is 25.2 Å². The van der Waals surface area contributed by atoms with Crippen molar-refractivity contribution in [3.05, 3.63) is 24.2 Å². The minimum atomic E-state index is -0.461. The van der Waals surface area contributed by atoms with Crippen molar-refractivity contribution >= 4 is 0 Å². The lowest BCUT2D eigenvalue weighted by atomic mass is 9.76. The third kappa shape index (κ3) is 5.27. The van der Waals surface area contributed by atoms with Gasteiger partial charge in [0.1, 0.15) is 12.4 Å². The van der Waals surface area contributed by atoms with Crippen molar-refractivity contribution in [1.29, 1.82) is 0 Å². The van der Waals surface area contributed by atoms with Gasteiger partial charge in [-0.15, -0.1) is 0 Å². The number of aliphatic hydroxyl groups excluding tert-OH is 1. The highest BCUT2D eigenvalue weighted by Crippen LogP contribution is 2.34. The van der Waals surface area contributed by atoms with E-state index in [0.717, 1.165) is 12.3 Å². The molecular weight excluding hydrogens is 254 g/mol. The van der Waals surface area contributed by atoms with Gasteiger partial charge >= 0.3 is 0 Å². The molecule has 0 aromatic carbocycles. The van der Waals surface area contributed by atoms with Crippen LogP contribution >= 0.6 is 0 Å². The fourth-order valence-electron chi connectivity index (χ4n) is 2.87. The molecule has 1 aromatic heterocycles. The van der Waals surface area contributed by atoms with Crippen LogP contribution in [0.5, 0.6) is 0 Å². The van der Waals surface area contributed by atoms with E-state index >= 15 is 0 Å². The van der Waals surface area contributed by atoms with E-state index in [2.05, 4.69) is 12.2 Å². The van der Waals surface area contributed by atoms with Gasteiger partial charge < -0.3 is 19.6 Å². The van der Waals surface area contributed by atoms with Gasteiger partial charge in [0, 0.05) is 13.1 Å². The Morgan fingerprint density at radius 2 is 2.20 bits per heavy atom. The van der Waals surface area contributed by atoms with Gasteiger partial charge in [0.15, 0.2) is 0 Å². The number of hydrogen-bond donors (Lipinski definition) is 2. The van der Waals surface area contributed by atoms with Gasteiger partial charge in [0.2, 0.25) is 0 Å². The zero-order chi connectivity index (χ0) is 14.3. The molecule has 0 spiro atoms. The summed E-state index contributed by atoms with van der Waals surface area (Å²) in [4.78, 5) is 0. The second-order valence-corrected chi connectivity index (χ2v) is 6.25. The standard InChI is InChI=1S/C16H27NO3/c1-16(7-3-2-4-8-16)13-17-10-14(18)11-19-12-15-6-5-9-20-15/h5-6,9,14,17-18H,2-4,7-8,10-13H2,1H3. The summed E-state index contributed by atoms with van der Waals surface area (Å²) in [6, 6.07) is 3.70. The average Bonchev–Trinajstić information content (AvgIpc) is 2.92. The molecule has 0 radical (unpaired) electrons. The van der Waals surface area contributed by atoms with Crippen molar-refractivity contribution in [2.45, 2.75) is 51.7 Å². The van der Waals surface area contributed by atoms with Crippen LogP contribution in [0.3, 0.4) is 0 Å². The van der Waals surface area contributed by atoms with E-state index in [1.807, 2.05) is 12.1 Å². The molecule has 1 unspecified atom stereocenters. The Balaban J connectivity index is 1.54. The molecule has 1 saturated carbocycles. The summed E-state index contributed by atoms with van der Waals surface area (Å²) >= 11 is 0. The van der Waals surface area contributed by atoms with Crippen molar-refractivity contribution < 1.29 is 14.3 Å². The van der Waals surface area contributed by atoms with Crippen LogP contribution in [-0.4, -0.2) is 30.9 Å². The van der Waals surface area contributed by atoms with E-state index in [1.54, 1.807) is 6.26 Å². The molecule has 0 amide bonds. The zero-order valence-corrected chi connectivity index (χ0v) is 12.4. The smallest absolute Gasteiger partial charge is 0.129 e. The largest absolute Gasteiger partial charge is 0.467 e. The van der Waals surface area contributed by atoms with Crippen LogP contribution in [0.2, 0.25) is 0 Å². The first-order valence-electron chi connectivity index (χ1n) is 7.67. The van der Waals surface area contributed by atoms with Crippen molar-refractivity contribution in [1.82, 2.24) is 5.32 Å². The van der Waals surface area contributed by atoms with Crippen LogP contribution in [0, 0.1) is 5.41 Å². The van der Waals surface area contributed by atoms with Crippen LogP contribution in [0.25, 0.3) is 0 Å². The van der Waals surface area contributed by atoms with Crippen molar-refractivity contribution in [2.75, 3.05) is 19.7 Å². The molecule has 1 fully saturated rings. The lowest BCUT2D eigenvalue weighted by molar-refractivity contribution is 0.0212. The number of furan rings is 1. The molecule has 0 saturated heterocycles.